The number of aryl methyl sites for hydroxylation is 1. The smallest absolute Gasteiger partial charge is 0.339 e. The van der Waals surface area contributed by atoms with Crippen LogP contribution in [0, 0.1) is 12.7 Å². The number of halogens is 4. The summed E-state index contributed by atoms with van der Waals surface area (Å²) in [5, 5.41) is 3.83. The molecule has 1 aromatic heterocycles. The molecule has 1 aliphatic rings. The minimum atomic E-state index is -4.42. The van der Waals surface area contributed by atoms with Crippen molar-refractivity contribution in [2.24, 2.45) is 0 Å². The summed E-state index contributed by atoms with van der Waals surface area (Å²) in [7, 11) is 0. The van der Waals surface area contributed by atoms with E-state index in [0.29, 0.717) is 23.4 Å². The Morgan fingerprint density at radius 1 is 1.14 bits per heavy atom. The van der Waals surface area contributed by atoms with Gasteiger partial charge < -0.3 is 9.42 Å². The number of anilines is 1. The van der Waals surface area contributed by atoms with Crippen LogP contribution in [0.1, 0.15) is 29.4 Å². The molecule has 4 rings (SSSR count). The molecule has 29 heavy (non-hydrogen) atoms. The van der Waals surface area contributed by atoms with Crippen molar-refractivity contribution in [2.75, 3.05) is 11.4 Å². The molecule has 1 saturated heterocycles. The molecule has 1 fully saturated rings. The molecule has 5 nitrogen and oxygen atoms in total. The number of amides is 1. The van der Waals surface area contributed by atoms with Crippen LogP contribution in [0.4, 0.5) is 23.2 Å². The lowest BCUT2D eigenvalue weighted by Crippen LogP contribution is -2.25. The molecule has 2 aromatic carbocycles. The summed E-state index contributed by atoms with van der Waals surface area (Å²) in [5.74, 6) is -0.512. The van der Waals surface area contributed by atoms with Gasteiger partial charge in [-0.25, -0.2) is 4.39 Å². The third-order valence-electron chi connectivity index (χ3n) is 4.84. The average molecular weight is 405 g/mol. The molecular formula is C20H15F4N3O2. The summed E-state index contributed by atoms with van der Waals surface area (Å²) in [4.78, 5) is 18.2. The van der Waals surface area contributed by atoms with Crippen molar-refractivity contribution in [3.8, 4) is 11.4 Å². The molecule has 9 heteroatoms. The van der Waals surface area contributed by atoms with Gasteiger partial charge in [0.1, 0.15) is 5.82 Å². The normalized spacial score (nSPS) is 17.2. The lowest BCUT2D eigenvalue weighted by Gasteiger charge is -2.18. The van der Waals surface area contributed by atoms with Gasteiger partial charge in [0.05, 0.1) is 11.5 Å². The molecule has 0 N–H and O–H groups in total. The van der Waals surface area contributed by atoms with E-state index in [1.807, 2.05) is 0 Å². The van der Waals surface area contributed by atoms with Crippen molar-refractivity contribution in [1.29, 1.82) is 0 Å². The van der Waals surface area contributed by atoms with E-state index in [9.17, 15) is 22.4 Å². The fourth-order valence-electron chi connectivity index (χ4n) is 3.35. The zero-order chi connectivity index (χ0) is 20.8. The summed E-state index contributed by atoms with van der Waals surface area (Å²) >= 11 is 0. The molecule has 1 aliphatic heterocycles. The van der Waals surface area contributed by atoms with Crippen LogP contribution in [0.5, 0.6) is 0 Å². The summed E-state index contributed by atoms with van der Waals surface area (Å²) in [5.41, 5.74) is 0.858. The van der Waals surface area contributed by atoms with E-state index in [1.54, 1.807) is 17.9 Å². The number of rotatable bonds is 3. The van der Waals surface area contributed by atoms with Crippen molar-refractivity contribution in [1.82, 2.24) is 10.1 Å². The molecule has 1 unspecified atom stereocenters. The van der Waals surface area contributed by atoms with E-state index in [4.69, 9.17) is 4.52 Å². The van der Waals surface area contributed by atoms with Crippen molar-refractivity contribution < 1.29 is 26.9 Å². The quantitative estimate of drug-likeness (QED) is 0.592. The highest BCUT2D eigenvalue weighted by molar-refractivity contribution is 5.97. The number of alkyl halides is 3. The first kappa shape index (κ1) is 19.1. The summed E-state index contributed by atoms with van der Waals surface area (Å²) in [6.45, 7) is 2.01. The van der Waals surface area contributed by atoms with Gasteiger partial charge in [0.25, 0.3) is 0 Å². The Morgan fingerprint density at radius 2 is 1.86 bits per heavy atom. The van der Waals surface area contributed by atoms with Gasteiger partial charge in [-0.2, -0.15) is 18.2 Å². The van der Waals surface area contributed by atoms with Crippen LogP contribution < -0.4 is 4.90 Å². The number of hydrogen-bond acceptors (Lipinski definition) is 4. The van der Waals surface area contributed by atoms with Crippen LogP contribution in [-0.2, 0) is 11.0 Å². The average Bonchev–Trinajstić information content (AvgIpc) is 3.28. The van der Waals surface area contributed by atoms with Crippen molar-refractivity contribution in [2.45, 2.75) is 25.4 Å². The minimum Gasteiger partial charge on any atom is -0.339 e. The predicted molar refractivity (Wildman–Crippen MR) is 95.6 cm³/mol. The van der Waals surface area contributed by atoms with Gasteiger partial charge >= 0.3 is 6.18 Å². The number of nitrogens with zero attached hydrogens (tertiary/aromatic N) is 3. The number of hydrogen-bond donors (Lipinski definition) is 0. The SMILES string of the molecule is Cc1cc(F)ccc1N1CC(c2nc(-c3ccc(C(F)(F)F)cc3)no2)CC1=O. The monoisotopic (exact) mass is 405 g/mol. The van der Waals surface area contributed by atoms with Gasteiger partial charge in [0.2, 0.25) is 17.6 Å². The van der Waals surface area contributed by atoms with E-state index in [-0.39, 0.29) is 35.8 Å². The highest BCUT2D eigenvalue weighted by Crippen LogP contribution is 2.34. The molecule has 1 amide bonds. The summed E-state index contributed by atoms with van der Waals surface area (Å²) in [6, 6.07) is 8.62. The number of carbonyl (C=O) groups excluding carboxylic acids is 1. The van der Waals surface area contributed by atoms with Crippen LogP contribution in [0.2, 0.25) is 0 Å². The van der Waals surface area contributed by atoms with E-state index < -0.39 is 11.7 Å². The molecule has 2 heterocycles. The second-order valence-electron chi connectivity index (χ2n) is 6.87. The molecule has 0 aliphatic carbocycles. The Bertz CT molecular complexity index is 1060. The van der Waals surface area contributed by atoms with Crippen molar-refractivity contribution in [3.63, 3.8) is 0 Å². The number of benzene rings is 2. The first-order valence-corrected chi connectivity index (χ1v) is 8.80. The second kappa shape index (κ2) is 6.98. The molecule has 0 spiro atoms. The van der Waals surface area contributed by atoms with Gasteiger partial charge in [0.15, 0.2) is 0 Å². The lowest BCUT2D eigenvalue weighted by atomic mass is 10.1. The van der Waals surface area contributed by atoms with Crippen LogP contribution >= 0.6 is 0 Å². The van der Waals surface area contributed by atoms with Crippen LogP contribution in [0.25, 0.3) is 11.4 Å². The Balaban J connectivity index is 1.53. The standard InChI is InChI=1S/C20H15F4N3O2/c1-11-8-15(21)6-7-16(11)27-10-13(9-17(27)28)19-25-18(26-29-19)12-2-4-14(5-3-12)20(22,23)24/h2-8,13H,9-10H2,1H3. The molecule has 1 atom stereocenters. The number of carbonyl (C=O) groups is 1. The topological polar surface area (TPSA) is 59.2 Å². The first-order valence-electron chi connectivity index (χ1n) is 8.80. The van der Waals surface area contributed by atoms with Crippen LogP contribution in [-0.4, -0.2) is 22.6 Å². The Kier molecular flexibility index (Phi) is 4.60. The fourth-order valence-corrected chi connectivity index (χ4v) is 3.35. The van der Waals surface area contributed by atoms with E-state index in [2.05, 4.69) is 10.1 Å². The largest absolute Gasteiger partial charge is 0.416 e. The maximum Gasteiger partial charge on any atom is 0.416 e. The highest BCUT2D eigenvalue weighted by Gasteiger charge is 2.36. The van der Waals surface area contributed by atoms with Gasteiger partial charge in [-0.1, -0.05) is 17.3 Å². The minimum absolute atomic E-state index is 0.144. The highest BCUT2D eigenvalue weighted by atomic mass is 19.4. The first-order chi connectivity index (χ1) is 13.7. The second-order valence-corrected chi connectivity index (χ2v) is 6.87. The summed E-state index contributed by atoms with van der Waals surface area (Å²) < 4.78 is 56.7. The molecule has 0 saturated carbocycles. The van der Waals surface area contributed by atoms with Gasteiger partial charge in [-0.15, -0.1) is 0 Å². The van der Waals surface area contributed by atoms with E-state index in [0.717, 1.165) is 12.1 Å². The van der Waals surface area contributed by atoms with E-state index in [1.165, 1.54) is 24.3 Å². The predicted octanol–water partition coefficient (Wildman–Crippen LogP) is 4.72. The summed E-state index contributed by atoms with van der Waals surface area (Å²) in [6.07, 6.45) is -4.28. The van der Waals surface area contributed by atoms with Crippen LogP contribution in [0.3, 0.4) is 0 Å². The molecular weight excluding hydrogens is 390 g/mol. The fraction of sp³-hybridized carbons (Fsp3) is 0.250. The maximum atomic E-state index is 13.3. The Morgan fingerprint density at radius 3 is 2.52 bits per heavy atom. The van der Waals surface area contributed by atoms with Gasteiger partial charge in [-0.3, -0.25) is 4.79 Å². The third-order valence-corrected chi connectivity index (χ3v) is 4.84. The Hall–Kier alpha value is -3.23. The van der Waals surface area contributed by atoms with Crippen molar-refractivity contribution in [3.05, 3.63) is 65.3 Å². The zero-order valence-corrected chi connectivity index (χ0v) is 15.2. The van der Waals surface area contributed by atoms with Gasteiger partial charge in [0, 0.05) is 24.2 Å². The van der Waals surface area contributed by atoms with Crippen molar-refractivity contribution >= 4 is 11.6 Å². The Labute approximate surface area is 162 Å². The molecule has 3 aromatic rings. The van der Waals surface area contributed by atoms with E-state index >= 15 is 0 Å². The molecule has 150 valence electrons. The number of aromatic nitrogens is 2. The van der Waals surface area contributed by atoms with Gasteiger partial charge in [-0.05, 0) is 42.8 Å². The molecule has 0 radical (unpaired) electrons. The zero-order valence-electron chi connectivity index (χ0n) is 15.2. The third kappa shape index (κ3) is 3.72. The lowest BCUT2D eigenvalue weighted by molar-refractivity contribution is -0.137. The van der Waals surface area contributed by atoms with Crippen LogP contribution in [0.15, 0.2) is 47.0 Å². The molecule has 0 bridgehead atoms. The maximum absolute atomic E-state index is 13.3.